The number of carbonyl (C=O) groups excluding carboxylic acids is 5. The third kappa shape index (κ3) is 15.6. The Bertz CT molecular complexity index is 1920. The van der Waals surface area contributed by atoms with Crippen LogP contribution in [0.2, 0.25) is 0 Å². The second kappa shape index (κ2) is 24.0. The van der Waals surface area contributed by atoms with E-state index in [1.165, 1.54) is 33.7 Å². The zero-order chi connectivity index (χ0) is 46.1. The molecule has 4 rings (SSSR count). The number of amides is 4. The summed E-state index contributed by atoms with van der Waals surface area (Å²) >= 11 is 0. The number of benzene rings is 3. The number of carboxylic acid groups (broad SMARTS) is 1. The van der Waals surface area contributed by atoms with Gasteiger partial charge in [0.25, 0.3) is 0 Å². The van der Waals surface area contributed by atoms with Gasteiger partial charge in [0, 0.05) is 33.6 Å². The summed E-state index contributed by atoms with van der Waals surface area (Å²) in [6.07, 6.45) is -0.000366. The molecule has 0 bridgehead atoms. The summed E-state index contributed by atoms with van der Waals surface area (Å²) in [7, 11) is 4.73. The largest absolute Gasteiger partial charge is 0.480 e. The van der Waals surface area contributed by atoms with Gasteiger partial charge in [0.2, 0.25) is 17.7 Å². The molecule has 1 N–H and O–H groups in total. The maximum atomic E-state index is 14.0. The van der Waals surface area contributed by atoms with Crippen LogP contribution in [0.25, 0.3) is 0 Å². The molecule has 338 valence electrons. The van der Waals surface area contributed by atoms with Crippen molar-refractivity contribution in [2.45, 2.75) is 104 Å². The highest BCUT2D eigenvalue weighted by Crippen LogP contribution is 2.25. The minimum atomic E-state index is -0.918. The van der Waals surface area contributed by atoms with E-state index in [0.717, 1.165) is 22.3 Å². The number of rotatable bonds is 18. The van der Waals surface area contributed by atoms with Crippen LogP contribution in [0, 0.1) is 6.92 Å². The Morgan fingerprint density at radius 3 is 1.87 bits per heavy atom. The lowest BCUT2D eigenvalue weighted by molar-refractivity contribution is -0.162. The van der Waals surface area contributed by atoms with Gasteiger partial charge in [0.15, 0.2) is 0 Å². The lowest BCUT2D eigenvalue weighted by Crippen LogP contribution is -2.64. The molecule has 0 saturated carbocycles. The van der Waals surface area contributed by atoms with Crippen LogP contribution < -0.4 is 0 Å². The van der Waals surface area contributed by atoms with Crippen LogP contribution in [0.15, 0.2) is 84.9 Å². The first-order valence-corrected chi connectivity index (χ1v) is 20.9. The molecule has 0 aromatic heterocycles. The third-order valence-corrected chi connectivity index (χ3v) is 10.4. The van der Waals surface area contributed by atoms with E-state index < -0.39 is 53.7 Å². The first-order valence-electron chi connectivity index (χ1n) is 20.9. The van der Waals surface area contributed by atoms with Crippen molar-refractivity contribution >= 4 is 35.8 Å². The second-order valence-corrected chi connectivity index (χ2v) is 16.5. The zero-order valence-electron chi connectivity index (χ0n) is 37.9. The number of carboxylic acids is 1. The lowest BCUT2D eigenvalue weighted by Gasteiger charge is -2.45. The molecule has 4 amide bonds. The topological polar surface area (TPSA) is 167 Å². The SMILES string of the molecule is CCN(C(=O)[C@@H]1CCN1C(=O)[C@H](C)N(C)C(=O)OCc1ccccc1)[C@@H](Cc1ccc(C)cc1)C(=O)N(C)CC(=O)OC(C)(C)C.C[C@@H](C(=O)O)N(C)COCc1ccccc1. The molecule has 0 radical (unpaired) electrons. The summed E-state index contributed by atoms with van der Waals surface area (Å²) in [5.74, 6) is -2.55. The van der Waals surface area contributed by atoms with Crippen molar-refractivity contribution in [2.75, 3.05) is 47.5 Å². The van der Waals surface area contributed by atoms with Gasteiger partial charge in [-0.15, -0.1) is 0 Å². The van der Waals surface area contributed by atoms with Crippen molar-refractivity contribution in [3.63, 3.8) is 0 Å². The van der Waals surface area contributed by atoms with Gasteiger partial charge >= 0.3 is 18.0 Å². The standard InChI is InChI=1S/C35H48N4O7.C12H17NO3/c1-9-38(29(21-26-17-15-24(2)16-18-26)32(42)36(7)22-30(40)46-35(4,5)6)33(43)28-19-20-39(28)31(41)25(3)37(8)34(44)45-23-27-13-11-10-12-14-27;1-10(12(14)15)13(2)9-16-8-11-6-4-3-5-7-11/h10-18,25,28-29H,9,19-23H2,1-8H3;3-7,10H,8-9H2,1-2H3,(H,14,15)/t25-,28-,29-;10-/m00/s1. The van der Waals surface area contributed by atoms with E-state index in [4.69, 9.17) is 19.3 Å². The molecular formula is C47H65N5O10. The summed E-state index contributed by atoms with van der Waals surface area (Å²) in [6, 6.07) is 23.6. The molecule has 0 unspecified atom stereocenters. The number of ether oxygens (including phenoxy) is 3. The van der Waals surface area contributed by atoms with Gasteiger partial charge in [0.05, 0.1) is 13.3 Å². The molecule has 3 aromatic carbocycles. The van der Waals surface area contributed by atoms with E-state index >= 15 is 0 Å². The highest BCUT2D eigenvalue weighted by molar-refractivity contribution is 5.95. The van der Waals surface area contributed by atoms with Crippen LogP contribution in [-0.4, -0.2) is 143 Å². The average molecular weight is 860 g/mol. The van der Waals surface area contributed by atoms with Crippen LogP contribution in [-0.2, 0) is 57.8 Å². The number of likely N-dealkylation sites (N-methyl/N-ethyl adjacent to an activating group) is 4. The van der Waals surface area contributed by atoms with Gasteiger partial charge < -0.3 is 34.0 Å². The number of aliphatic carboxylic acids is 1. The number of likely N-dealkylation sites (tertiary alicyclic amines) is 1. The summed E-state index contributed by atoms with van der Waals surface area (Å²) in [5, 5.41) is 8.77. The molecule has 62 heavy (non-hydrogen) atoms. The Morgan fingerprint density at radius 2 is 1.37 bits per heavy atom. The van der Waals surface area contributed by atoms with Crippen LogP contribution in [0.5, 0.6) is 0 Å². The summed E-state index contributed by atoms with van der Waals surface area (Å²) in [5.41, 5.74) is 3.11. The third-order valence-electron chi connectivity index (χ3n) is 10.4. The van der Waals surface area contributed by atoms with E-state index in [1.807, 2.05) is 91.9 Å². The fourth-order valence-electron chi connectivity index (χ4n) is 6.37. The Labute approximate surface area is 366 Å². The summed E-state index contributed by atoms with van der Waals surface area (Å²) in [4.78, 5) is 84.5. The Morgan fingerprint density at radius 1 is 0.806 bits per heavy atom. The molecular weight excluding hydrogens is 795 g/mol. The molecule has 4 atom stereocenters. The molecule has 15 nitrogen and oxygen atoms in total. The first-order chi connectivity index (χ1) is 29.2. The molecule has 0 aliphatic carbocycles. The maximum Gasteiger partial charge on any atom is 0.410 e. The summed E-state index contributed by atoms with van der Waals surface area (Å²) < 4.78 is 16.2. The monoisotopic (exact) mass is 859 g/mol. The number of aryl methyl sites for hydroxylation is 1. The molecule has 1 aliphatic rings. The Balaban J connectivity index is 0.000000536. The van der Waals surface area contributed by atoms with Gasteiger partial charge in [-0.1, -0.05) is 90.5 Å². The second-order valence-electron chi connectivity index (χ2n) is 16.5. The molecule has 1 saturated heterocycles. The van der Waals surface area contributed by atoms with E-state index in [9.17, 15) is 28.8 Å². The van der Waals surface area contributed by atoms with Crippen molar-refractivity contribution in [2.24, 2.45) is 0 Å². The van der Waals surface area contributed by atoms with Crippen LogP contribution in [0.1, 0.15) is 70.2 Å². The van der Waals surface area contributed by atoms with Gasteiger partial charge in [-0.25, -0.2) is 4.79 Å². The van der Waals surface area contributed by atoms with Crippen molar-refractivity contribution in [3.8, 4) is 0 Å². The van der Waals surface area contributed by atoms with Crippen molar-refractivity contribution in [1.29, 1.82) is 0 Å². The summed E-state index contributed by atoms with van der Waals surface area (Å²) in [6.45, 7) is 13.4. The normalized spacial score (nSPS) is 14.8. The van der Waals surface area contributed by atoms with Gasteiger partial charge in [0.1, 0.15) is 42.9 Å². The number of hydrogen-bond acceptors (Lipinski definition) is 10. The number of hydrogen-bond donors (Lipinski definition) is 1. The van der Waals surface area contributed by atoms with E-state index in [-0.39, 0.29) is 37.9 Å². The highest BCUT2D eigenvalue weighted by Gasteiger charge is 2.45. The molecule has 15 heteroatoms. The lowest BCUT2D eigenvalue weighted by atomic mass is 9.96. The molecule has 3 aromatic rings. The smallest absolute Gasteiger partial charge is 0.410 e. The Kier molecular flexibility index (Phi) is 19.6. The first kappa shape index (κ1) is 50.6. The van der Waals surface area contributed by atoms with Crippen molar-refractivity contribution < 1.29 is 48.1 Å². The van der Waals surface area contributed by atoms with Gasteiger partial charge in [-0.3, -0.25) is 33.8 Å². The van der Waals surface area contributed by atoms with Crippen molar-refractivity contribution in [1.82, 2.24) is 24.5 Å². The quantitative estimate of drug-likeness (QED) is 0.129. The molecule has 0 spiro atoms. The Hall–Kier alpha value is -5.80. The minimum absolute atomic E-state index is 0.0694. The minimum Gasteiger partial charge on any atom is -0.480 e. The van der Waals surface area contributed by atoms with E-state index in [2.05, 4.69) is 0 Å². The molecule has 1 fully saturated rings. The zero-order valence-corrected chi connectivity index (χ0v) is 37.9. The van der Waals surface area contributed by atoms with Crippen LogP contribution in [0.3, 0.4) is 0 Å². The fraction of sp³-hybridized carbons (Fsp3) is 0.489. The molecule has 1 heterocycles. The van der Waals surface area contributed by atoms with Crippen LogP contribution >= 0.6 is 0 Å². The predicted molar refractivity (Wildman–Crippen MR) is 234 cm³/mol. The molecule has 1 aliphatic heterocycles. The van der Waals surface area contributed by atoms with E-state index in [1.54, 1.807) is 53.5 Å². The average Bonchev–Trinajstić information content (AvgIpc) is 3.22. The van der Waals surface area contributed by atoms with E-state index in [0.29, 0.717) is 26.3 Å². The van der Waals surface area contributed by atoms with Crippen molar-refractivity contribution in [3.05, 3.63) is 107 Å². The fourth-order valence-corrected chi connectivity index (χ4v) is 6.37. The van der Waals surface area contributed by atoms with Crippen LogP contribution in [0.4, 0.5) is 4.79 Å². The van der Waals surface area contributed by atoms with Gasteiger partial charge in [-0.05, 0) is 78.6 Å². The van der Waals surface area contributed by atoms with Gasteiger partial charge in [-0.2, -0.15) is 0 Å². The predicted octanol–water partition coefficient (Wildman–Crippen LogP) is 5.38. The maximum absolute atomic E-state index is 14.0. The number of esters is 1. The highest BCUT2D eigenvalue weighted by atomic mass is 16.6. The number of nitrogens with zero attached hydrogens (tertiary/aromatic N) is 5. The number of carbonyl (C=O) groups is 6.